The fourth-order valence-corrected chi connectivity index (χ4v) is 7.51. The molecule has 37 heavy (non-hydrogen) atoms. The molecule has 7 nitrogen and oxygen atoms in total. The third-order valence-corrected chi connectivity index (χ3v) is 9.43. The average molecular weight is 510 g/mol. The maximum atomic E-state index is 13.7. The van der Waals surface area contributed by atoms with E-state index in [0.717, 1.165) is 70.6 Å². The molecule has 4 atom stereocenters. The van der Waals surface area contributed by atoms with E-state index in [9.17, 15) is 9.59 Å². The minimum atomic E-state index is 0.163. The Labute approximate surface area is 223 Å². The van der Waals surface area contributed by atoms with Gasteiger partial charge in [-0.25, -0.2) is 0 Å². The van der Waals surface area contributed by atoms with Crippen LogP contribution in [0.4, 0.5) is 0 Å². The molecule has 4 aliphatic heterocycles. The van der Waals surface area contributed by atoms with Crippen LogP contribution < -0.4 is 5.32 Å². The largest absolute Gasteiger partial charge is 0.356 e. The van der Waals surface area contributed by atoms with Crippen LogP contribution in [-0.4, -0.2) is 109 Å². The summed E-state index contributed by atoms with van der Waals surface area (Å²) in [5.41, 5.74) is 0.799. The molecule has 0 radical (unpaired) electrons. The fraction of sp³-hybridized carbons (Fsp3) is 0.733. The fourth-order valence-electron chi connectivity index (χ4n) is 7.51. The molecule has 0 saturated carbocycles. The SMILES string of the molecule is CN1CCN(CCCNC(=O)CCC[C@@H]2[C@H]3CCCN4CCC[C@@H](CN2C(=O)c2ccccc2)[C@@H]34)CC1. The Kier molecular flexibility index (Phi) is 9.16. The molecule has 1 aromatic carbocycles. The van der Waals surface area contributed by atoms with E-state index in [-0.39, 0.29) is 17.9 Å². The molecule has 0 bridgehead atoms. The Bertz CT molecular complexity index is 885. The molecule has 204 valence electrons. The molecule has 2 amide bonds. The number of carbonyl (C=O) groups excluding carboxylic acids is 2. The summed E-state index contributed by atoms with van der Waals surface area (Å²) in [6.45, 7) is 9.65. The first kappa shape index (κ1) is 26.6. The lowest BCUT2D eigenvalue weighted by molar-refractivity contribution is -0.121. The number of piperidine rings is 3. The Morgan fingerprint density at radius 2 is 1.70 bits per heavy atom. The Hall–Kier alpha value is -1.96. The quantitative estimate of drug-likeness (QED) is 0.519. The Morgan fingerprint density at radius 3 is 2.49 bits per heavy atom. The van der Waals surface area contributed by atoms with Crippen LogP contribution in [0.1, 0.15) is 61.7 Å². The van der Waals surface area contributed by atoms with E-state index in [1.54, 1.807) is 0 Å². The second-order valence-electron chi connectivity index (χ2n) is 11.9. The molecule has 4 heterocycles. The van der Waals surface area contributed by atoms with Crippen molar-refractivity contribution in [2.45, 2.75) is 63.5 Å². The summed E-state index contributed by atoms with van der Waals surface area (Å²) in [6, 6.07) is 10.7. The molecule has 1 N–H and O–H groups in total. The van der Waals surface area contributed by atoms with Crippen molar-refractivity contribution in [3.8, 4) is 0 Å². The summed E-state index contributed by atoms with van der Waals surface area (Å²) >= 11 is 0. The molecule has 4 saturated heterocycles. The van der Waals surface area contributed by atoms with Crippen LogP contribution >= 0.6 is 0 Å². The van der Waals surface area contributed by atoms with E-state index in [2.05, 4.69) is 32.0 Å². The lowest BCUT2D eigenvalue weighted by Crippen LogP contribution is -2.65. The highest BCUT2D eigenvalue weighted by atomic mass is 16.2. The van der Waals surface area contributed by atoms with Crippen LogP contribution in [0.15, 0.2) is 30.3 Å². The standard InChI is InChI=1S/C30H47N5O2/c1-32-19-21-33(22-20-32)16-8-15-31-28(36)14-5-13-27-26-12-7-18-34-17-6-11-25(29(26)34)23-35(27)30(37)24-9-3-2-4-10-24/h2-4,9-10,25-27,29H,5-8,11-23H2,1H3,(H,31,36)/t25-,26+,27+,29-/m0/s1. The number of amides is 2. The van der Waals surface area contributed by atoms with Gasteiger partial charge in [0.2, 0.25) is 5.91 Å². The number of rotatable bonds is 9. The van der Waals surface area contributed by atoms with Crippen molar-refractivity contribution in [2.75, 3.05) is 66.0 Å². The summed E-state index contributed by atoms with van der Waals surface area (Å²) in [6.07, 6.45) is 8.27. The lowest BCUT2D eigenvalue weighted by Gasteiger charge is -2.57. The number of hydrogen-bond acceptors (Lipinski definition) is 5. The van der Waals surface area contributed by atoms with Crippen molar-refractivity contribution < 1.29 is 9.59 Å². The van der Waals surface area contributed by atoms with E-state index in [1.165, 1.54) is 38.8 Å². The van der Waals surface area contributed by atoms with Crippen molar-refractivity contribution >= 4 is 11.8 Å². The van der Waals surface area contributed by atoms with Crippen LogP contribution in [0.3, 0.4) is 0 Å². The van der Waals surface area contributed by atoms with Gasteiger partial charge in [-0.05, 0) is 95.6 Å². The summed E-state index contributed by atoms with van der Waals surface area (Å²) in [4.78, 5) is 36.1. The number of hydrogen-bond donors (Lipinski definition) is 1. The molecule has 4 aliphatic rings. The molecule has 7 heteroatoms. The monoisotopic (exact) mass is 509 g/mol. The van der Waals surface area contributed by atoms with Gasteiger partial charge in [-0.1, -0.05) is 18.2 Å². The number of piperazine rings is 1. The van der Waals surface area contributed by atoms with Crippen LogP contribution in [0, 0.1) is 11.8 Å². The van der Waals surface area contributed by atoms with Crippen LogP contribution in [-0.2, 0) is 4.79 Å². The number of carbonyl (C=O) groups is 2. The van der Waals surface area contributed by atoms with E-state index >= 15 is 0 Å². The number of likely N-dealkylation sites (tertiary alicyclic amines) is 1. The van der Waals surface area contributed by atoms with Crippen molar-refractivity contribution in [2.24, 2.45) is 11.8 Å². The highest BCUT2D eigenvalue weighted by Gasteiger charge is 2.49. The van der Waals surface area contributed by atoms with Crippen molar-refractivity contribution in [3.05, 3.63) is 35.9 Å². The van der Waals surface area contributed by atoms with Crippen molar-refractivity contribution in [1.82, 2.24) is 24.9 Å². The first-order valence-electron chi connectivity index (χ1n) is 14.9. The maximum absolute atomic E-state index is 13.7. The molecule has 0 aromatic heterocycles. The highest BCUT2D eigenvalue weighted by molar-refractivity contribution is 5.94. The zero-order valence-corrected chi connectivity index (χ0v) is 22.8. The molecular weight excluding hydrogens is 462 g/mol. The zero-order valence-electron chi connectivity index (χ0n) is 22.8. The van der Waals surface area contributed by atoms with Gasteiger partial charge in [0.05, 0.1) is 0 Å². The Balaban J connectivity index is 1.14. The average Bonchev–Trinajstić information content (AvgIpc) is 2.93. The molecule has 4 fully saturated rings. The first-order chi connectivity index (χ1) is 18.1. The molecular formula is C30H47N5O2. The van der Waals surface area contributed by atoms with Gasteiger partial charge in [-0.2, -0.15) is 0 Å². The second kappa shape index (κ2) is 12.7. The lowest BCUT2D eigenvalue weighted by atomic mass is 9.69. The van der Waals surface area contributed by atoms with Gasteiger partial charge in [0.25, 0.3) is 5.91 Å². The summed E-state index contributed by atoms with van der Waals surface area (Å²) in [5, 5.41) is 3.15. The van der Waals surface area contributed by atoms with Crippen molar-refractivity contribution in [3.63, 3.8) is 0 Å². The van der Waals surface area contributed by atoms with Gasteiger partial charge in [-0.15, -0.1) is 0 Å². The van der Waals surface area contributed by atoms with E-state index in [4.69, 9.17) is 0 Å². The van der Waals surface area contributed by atoms with Gasteiger partial charge in [0, 0.05) is 63.3 Å². The molecule has 1 aromatic rings. The van der Waals surface area contributed by atoms with E-state index < -0.39 is 0 Å². The molecule has 0 unspecified atom stereocenters. The van der Waals surface area contributed by atoms with Gasteiger partial charge < -0.3 is 20.0 Å². The van der Waals surface area contributed by atoms with E-state index in [0.29, 0.717) is 24.3 Å². The predicted molar refractivity (Wildman–Crippen MR) is 147 cm³/mol. The van der Waals surface area contributed by atoms with Crippen LogP contribution in [0.25, 0.3) is 0 Å². The van der Waals surface area contributed by atoms with Crippen LogP contribution in [0.2, 0.25) is 0 Å². The minimum Gasteiger partial charge on any atom is -0.356 e. The maximum Gasteiger partial charge on any atom is 0.254 e. The number of benzene rings is 1. The van der Waals surface area contributed by atoms with E-state index in [1.807, 2.05) is 30.3 Å². The number of nitrogens with zero attached hydrogens (tertiary/aromatic N) is 4. The Morgan fingerprint density at radius 1 is 0.946 bits per heavy atom. The van der Waals surface area contributed by atoms with Gasteiger partial charge in [0.15, 0.2) is 0 Å². The van der Waals surface area contributed by atoms with Gasteiger partial charge in [-0.3, -0.25) is 14.5 Å². The summed E-state index contributed by atoms with van der Waals surface area (Å²) < 4.78 is 0. The predicted octanol–water partition coefficient (Wildman–Crippen LogP) is 2.93. The third-order valence-electron chi connectivity index (χ3n) is 9.43. The molecule has 5 rings (SSSR count). The van der Waals surface area contributed by atoms with Crippen molar-refractivity contribution in [1.29, 1.82) is 0 Å². The second-order valence-corrected chi connectivity index (χ2v) is 11.9. The van der Waals surface area contributed by atoms with Crippen LogP contribution in [0.5, 0.6) is 0 Å². The highest BCUT2D eigenvalue weighted by Crippen LogP contribution is 2.43. The normalized spacial score (nSPS) is 29.1. The molecule has 0 spiro atoms. The minimum absolute atomic E-state index is 0.163. The van der Waals surface area contributed by atoms with Gasteiger partial charge in [0.1, 0.15) is 0 Å². The summed E-state index contributed by atoms with van der Waals surface area (Å²) in [5.74, 6) is 1.47. The smallest absolute Gasteiger partial charge is 0.254 e. The number of likely N-dealkylation sites (N-methyl/N-ethyl adjacent to an activating group) is 1. The third kappa shape index (κ3) is 6.55. The van der Waals surface area contributed by atoms with Gasteiger partial charge >= 0.3 is 0 Å². The first-order valence-corrected chi connectivity index (χ1v) is 14.9. The topological polar surface area (TPSA) is 59.1 Å². The summed E-state index contributed by atoms with van der Waals surface area (Å²) in [7, 11) is 2.18. The number of nitrogens with one attached hydrogen (secondary N) is 1. The zero-order chi connectivity index (χ0) is 25.6. The molecule has 0 aliphatic carbocycles.